The summed E-state index contributed by atoms with van der Waals surface area (Å²) in [5.41, 5.74) is 0.207. The number of rotatable bonds is 7. The van der Waals surface area contributed by atoms with Crippen LogP contribution in [0.25, 0.3) is 0 Å². The molecule has 1 aromatic carbocycles. The van der Waals surface area contributed by atoms with Crippen LogP contribution in [-0.4, -0.2) is 51.7 Å². The molecule has 2 N–H and O–H groups in total. The highest BCUT2D eigenvalue weighted by atomic mass is 32.2. The molecule has 0 fully saturated rings. The van der Waals surface area contributed by atoms with Crippen molar-refractivity contribution < 1.29 is 36.4 Å². The van der Waals surface area contributed by atoms with E-state index in [9.17, 15) is 18.0 Å². The predicted molar refractivity (Wildman–Crippen MR) is 99.4 cm³/mol. The fourth-order valence-electron chi connectivity index (χ4n) is 2.07. The van der Waals surface area contributed by atoms with E-state index in [2.05, 4.69) is 20.0 Å². The Labute approximate surface area is 166 Å². The zero-order chi connectivity index (χ0) is 21.6. The van der Waals surface area contributed by atoms with Crippen LogP contribution in [0.15, 0.2) is 24.3 Å². The van der Waals surface area contributed by atoms with Gasteiger partial charge in [-0.1, -0.05) is 12.1 Å². The lowest BCUT2D eigenvalue weighted by Gasteiger charge is -2.13. The first-order valence-corrected chi connectivity index (χ1v) is 9.28. The smallest absolute Gasteiger partial charge is 0.411 e. The minimum Gasteiger partial charge on any atom is -0.481 e. The first-order valence-electron chi connectivity index (χ1n) is 7.87. The number of hydrogen-bond acceptors (Lipinski definition) is 10. The SMILES string of the molecule is COC(=O)c1cccc(C)c1OS(=O)(=O)NC(=O)Nc1nc(OC)cc(OC)n1. The number of aryl methyl sites for hydroxylation is 1. The molecule has 1 heterocycles. The highest BCUT2D eigenvalue weighted by molar-refractivity contribution is 7.85. The number of nitrogens with zero attached hydrogens (tertiary/aromatic N) is 2. The molecule has 0 aliphatic heterocycles. The van der Waals surface area contributed by atoms with Gasteiger partial charge in [-0.05, 0) is 18.6 Å². The molecule has 0 radical (unpaired) electrons. The summed E-state index contributed by atoms with van der Waals surface area (Å²) in [6.07, 6.45) is 0. The van der Waals surface area contributed by atoms with Gasteiger partial charge >= 0.3 is 22.3 Å². The molecule has 0 atom stereocenters. The number of esters is 1. The highest BCUT2D eigenvalue weighted by Crippen LogP contribution is 2.25. The number of benzene rings is 1. The Morgan fingerprint density at radius 1 is 1.03 bits per heavy atom. The molecule has 0 unspecified atom stereocenters. The van der Waals surface area contributed by atoms with E-state index in [1.54, 1.807) is 4.72 Å². The van der Waals surface area contributed by atoms with Crippen molar-refractivity contribution in [3.63, 3.8) is 0 Å². The van der Waals surface area contributed by atoms with E-state index in [0.717, 1.165) is 7.11 Å². The molecule has 1 aromatic heterocycles. The number of urea groups is 1. The van der Waals surface area contributed by atoms with Crippen LogP contribution in [0.3, 0.4) is 0 Å². The average Bonchev–Trinajstić information content (AvgIpc) is 2.67. The fraction of sp³-hybridized carbons (Fsp3) is 0.250. The third kappa shape index (κ3) is 5.68. The molecule has 2 rings (SSSR count). The van der Waals surface area contributed by atoms with Crippen molar-refractivity contribution in [1.82, 2.24) is 14.7 Å². The van der Waals surface area contributed by atoms with E-state index in [0.29, 0.717) is 5.56 Å². The van der Waals surface area contributed by atoms with Crippen molar-refractivity contribution in [2.45, 2.75) is 6.92 Å². The van der Waals surface area contributed by atoms with Gasteiger partial charge < -0.3 is 18.4 Å². The molecule has 0 bridgehead atoms. The summed E-state index contributed by atoms with van der Waals surface area (Å²) < 4.78 is 45.4. The number of para-hydroxylation sites is 1. The molecule has 156 valence electrons. The largest absolute Gasteiger partial charge is 0.481 e. The van der Waals surface area contributed by atoms with Crippen LogP contribution in [0.2, 0.25) is 0 Å². The van der Waals surface area contributed by atoms with Crippen LogP contribution in [0.1, 0.15) is 15.9 Å². The van der Waals surface area contributed by atoms with Gasteiger partial charge in [0.15, 0.2) is 5.75 Å². The zero-order valence-corrected chi connectivity index (χ0v) is 16.7. The van der Waals surface area contributed by atoms with Gasteiger partial charge in [-0.15, -0.1) is 0 Å². The van der Waals surface area contributed by atoms with Crippen molar-refractivity contribution in [3.05, 3.63) is 35.4 Å². The first-order chi connectivity index (χ1) is 13.7. The van der Waals surface area contributed by atoms with E-state index in [1.165, 1.54) is 45.4 Å². The van der Waals surface area contributed by atoms with E-state index < -0.39 is 22.3 Å². The lowest BCUT2D eigenvalue weighted by Crippen LogP contribution is -2.38. The van der Waals surface area contributed by atoms with Gasteiger partial charge in [-0.3, -0.25) is 5.32 Å². The summed E-state index contributed by atoms with van der Waals surface area (Å²) in [6.45, 7) is 1.52. The molecule has 0 saturated heterocycles. The van der Waals surface area contributed by atoms with E-state index in [1.807, 2.05) is 0 Å². The lowest BCUT2D eigenvalue weighted by atomic mass is 10.1. The van der Waals surface area contributed by atoms with E-state index in [-0.39, 0.29) is 29.0 Å². The number of carbonyl (C=O) groups excluding carboxylic acids is 2. The fourth-order valence-corrected chi connectivity index (χ4v) is 2.83. The molecule has 12 nitrogen and oxygen atoms in total. The Morgan fingerprint density at radius 3 is 2.21 bits per heavy atom. The van der Waals surface area contributed by atoms with Crippen molar-refractivity contribution in [1.29, 1.82) is 0 Å². The molecule has 0 spiro atoms. The van der Waals surface area contributed by atoms with Crippen LogP contribution in [-0.2, 0) is 15.0 Å². The topological polar surface area (TPSA) is 155 Å². The number of carbonyl (C=O) groups is 2. The maximum Gasteiger partial charge on any atom is 0.411 e. The maximum absolute atomic E-state index is 12.2. The molecule has 2 aromatic rings. The number of methoxy groups -OCH3 is 3. The van der Waals surface area contributed by atoms with Gasteiger partial charge in [0, 0.05) is 0 Å². The van der Waals surface area contributed by atoms with Gasteiger partial charge in [-0.2, -0.15) is 18.4 Å². The average molecular weight is 426 g/mol. The molecule has 13 heteroatoms. The molecule has 29 heavy (non-hydrogen) atoms. The van der Waals surface area contributed by atoms with Crippen molar-refractivity contribution in [2.75, 3.05) is 26.6 Å². The molecule has 0 saturated carbocycles. The normalized spacial score (nSPS) is 10.6. The predicted octanol–water partition coefficient (Wildman–Crippen LogP) is 1.03. The van der Waals surface area contributed by atoms with Gasteiger partial charge in [0.05, 0.1) is 27.4 Å². The van der Waals surface area contributed by atoms with Crippen LogP contribution in [0, 0.1) is 6.92 Å². The number of ether oxygens (including phenoxy) is 3. The number of anilines is 1. The second-order valence-corrected chi connectivity index (χ2v) is 6.59. The Morgan fingerprint density at radius 2 is 1.66 bits per heavy atom. The number of amides is 2. The van der Waals surface area contributed by atoms with E-state index >= 15 is 0 Å². The van der Waals surface area contributed by atoms with Crippen LogP contribution in [0.4, 0.5) is 10.7 Å². The summed E-state index contributed by atoms with van der Waals surface area (Å²) in [4.78, 5) is 31.5. The summed E-state index contributed by atoms with van der Waals surface area (Å²) in [5, 5.41) is 2.11. The Balaban J connectivity index is 2.18. The Kier molecular flexibility index (Phi) is 6.77. The third-order valence-electron chi connectivity index (χ3n) is 3.35. The Hall–Kier alpha value is -3.61. The monoisotopic (exact) mass is 426 g/mol. The molecular formula is C16H18N4O8S. The summed E-state index contributed by atoms with van der Waals surface area (Å²) in [7, 11) is -0.847. The third-order valence-corrected chi connectivity index (χ3v) is 4.17. The summed E-state index contributed by atoms with van der Waals surface area (Å²) >= 11 is 0. The van der Waals surface area contributed by atoms with Crippen molar-refractivity contribution >= 4 is 28.3 Å². The first kappa shape index (κ1) is 21.7. The van der Waals surface area contributed by atoms with Gasteiger partial charge in [0.25, 0.3) is 0 Å². The lowest BCUT2D eigenvalue weighted by molar-refractivity contribution is 0.0598. The summed E-state index contributed by atoms with van der Waals surface area (Å²) in [6, 6.07) is 4.51. The quantitative estimate of drug-likeness (QED) is 0.613. The van der Waals surface area contributed by atoms with Gasteiger partial charge in [0.2, 0.25) is 17.7 Å². The van der Waals surface area contributed by atoms with E-state index in [4.69, 9.17) is 13.7 Å². The molecule has 0 aliphatic carbocycles. The van der Waals surface area contributed by atoms with Crippen LogP contribution in [0.5, 0.6) is 17.5 Å². The number of aromatic nitrogens is 2. The van der Waals surface area contributed by atoms with Crippen molar-refractivity contribution in [2.24, 2.45) is 0 Å². The molecule has 0 aliphatic rings. The van der Waals surface area contributed by atoms with Crippen molar-refractivity contribution in [3.8, 4) is 17.5 Å². The minimum atomic E-state index is -4.66. The minimum absolute atomic E-state index is 0.0777. The standard InChI is InChI=1S/C16H18N4O8S/c1-9-6-5-7-10(14(21)27-4)13(9)28-29(23,24)20-16(22)19-15-17-11(25-2)8-12(18-15)26-3/h5-8H,1-4H3,(H2,17,18,19,20,22). The maximum atomic E-state index is 12.2. The summed E-state index contributed by atoms with van der Waals surface area (Å²) in [5.74, 6) is -1.21. The Bertz CT molecular complexity index is 1000. The number of nitrogens with one attached hydrogen (secondary N) is 2. The molecule has 2 amide bonds. The zero-order valence-electron chi connectivity index (χ0n) is 15.9. The molecular weight excluding hydrogens is 408 g/mol. The second-order valence-electron chi connectivity index (χ2n) is 5.31. The highest BCUT2D eigenvalue weighted by Gasteiger charge is 2.23. The number of hydrogen-bond donors (Lipinski definition) is 2. The second kappa shape index (κ2) is 9.05. The van der Waals surface area contributed by atoms with Crippen LogP contribution >= 0.6 is 0 Å². The van der Waals surface area contributed by atoms with Crippen LogP contribution < -0.4 is 23.7 Å². The van der Waals surface area contributed by atoms with Gasteiger partial charge in [0.1, 0.15) is 5.56 Å². The van der Waals surface area contributed by atoms with Gasteiger partial charge in [-0.25, -0.2) is 14.3 Å².